The number of benzene rings is 1. The van der Waals surface area contributed by atoms with E-state index in [0.29, 0.717) is 0 Å². The minimum Gasteiger partial charge on any atom is -0.269 e. The van der Waals surface area contributed by atoms with Crippen molar-refractivity contribution in [1.82, 2.24) is 0 Å². The maximum Gasteiger partial charge on any atom is 0.0118 e. The number of rotatable bonds is 4. The first kappa shape index (κ1) is 29.7. The zero-order valence-corrected chi connectivity index (χ0v) is 16.1. The van der Waals surface area contributed by atoms with E-state index in [1.807, 2.05) is 11.8 Å². The van der Waals surface area contributed by atoms with E-state index < -0.39 is 0 Å². The molecular weight excluding hydrogens is 367 g/mol. The van der Waals surface area contributed by atoms with Crippen LogP contribution in [0.25, 0.3) is 0 Å². The Hall–Kier alpha value is -1.04. The van der Waals surface area contributed by atoms with Gasteiger partial charge >= 0.3 is 0 Å². The third kappa shape index (κ3) is 8.11. The highest BCUT2D eigenvalue weighted by molar-refractivity contribution is 8.03. The number of halogens is 5. The minimum atomic E-state index is 0. The Labute approximate surface area is 158 Å². The number of thioether (sulfide) groups is 1. The molecule has 26 heavy (non-hydrogen) atoms. The van der Waals surface area contributed by atoms with Crippen LogP contribution < -0.4 is 0 Å². The molecule has 1 saturated carbocycles. The van der Waals surface area contributed by atoms with Gasteiger partial charge in [-0.2, -0.15) is 0 Å². The summed E-state index contributed by atoms with van der Waals surface area (Å²) in [6.07, 6.45) is 14.0. The molecule has 2 aliphatic carbocycles. The summed E-state index contributed by atoms with van der Waals surface area (Å²) < 4.78 is 0. The smallest absolute Gasteiger partial charge is 0.0118 e. The van der Waals surface area contributed by atoms with E-state index in [1.54, 1.807) is 4.91 Å². The Morgan fingerprint density at radius 1 is 0.808 bits per heavy atom. The highest BCUT2D eigenvalue weighted by Crippen LogP contribution is 2.42. The van der Waals surface area contributed by atoms with Gasteiger partial charge in [0.15, 0.2) is 0 Å². The molecule has 1 fully saturated rings. The lowest BCUT2D eigenvalue weighted by Gasteiger charge is -2.35. The minimum absolute atomic E-state index is 0. The molecule has 2 aliphatic rings. The molecule has 6 heteroatoms. The first-order valence-corrected chi connectivity index (χ1v) is 9.58. The van der Waals surface area contributed by atoms with E-state index >= 15 is 0 Å². The summed E-state index contributed by atoms with van der Waals surface area (Å²) in [5.74, 6) is 3.03. The molecule has 0 heterocycles. The van der Waals surface area contributed by atoms with Crippen LogP contribution in [0.1, 0.15) is 58.3 Å². The lowest BCUT2D eigenvalue weighted by molar-refractivity contribution is 0.191. The monoisotopic (exact) mass is 400 g/mol. The summed E-state index contributed by atoms with van der Waals surface area (Å²) in [4.78, 5) is 2.99. The van der Waals surface area contributed by atoms with Gasteiger partial charge in [0.25, 0.3) is 0 Å². The van der Waals surface area contributed by atoms with Gasteiger partial charge in [0, 0.05) is 4.90 Å². The SMILES string of the molecule is CCC1CCC(C2CC=C(Sc3ccccc3)CC2)CC1.F.F.F.F.F. The zero-order chi connectivity index (χ0) is 14.5. The number of hydrogen-bond acceptors (Lipinski definition) is 1. The van der Waals surface area contributed by atoms with Crippen molar-refractivity contribution in [3.63, 3.8) is 0 Å². The van der Waals surface area contributed by atoms with Crippen molar-refractivity contribution in [2.75, 3.05) is 0 Å². The fourth-order valence-electron chi connectivity index (χ4n) is 4.06. The topological polar surface area (TPSA) is 0 Å². The highest BCUT2D eigenvalue weighted by atomic mass is 32.2. The van der Waals surface area contributed by atoms with Gasteiger partial charge in [-0.3, -0.25) is 23.5 Å². The summed E-state index contributed by atoms with van der Waals surface area (Å²) in [5, 5.41) is 0. The second-order valence-electron chi connectivity index (χ2n) is 6.81. The normalized spacial score (nSPS) is 24.2. The summed E-state index contributed by atoms with van der Waals surface area (Å²) in [7, 11) is 0. The molecule has 0 nitrogen and oxygen atoms in total. The molecular formula is C20H33F5S. The van der Waals surface area contributed by atoms with Crippen LogP contribution in [0, 0.1) is 17.8 Å². The van der Waals surface area contributed by atoms with Crippen LogP contribution in [0.5, 0.6) is 0 Å². The largest absolute Gasteiger partial charge is 0.269 e. The maximum absolute atomic E-state index is 2.54. The van der Waals surface area contributed by atoms with Crippen LogP contribution >= 0.6 is 11.8 Å². The molecule has 1 aromatic rings. The van der Waals surface area contributed by atoms with E-state index in [1.165, 1.54) is 56.3 Å². The van der Waals surface area contributed by atoms with Crippen molar-refractivity contribution in [2.24, 2.45) is 17.8 Å². The highest BCUT2D eigenvalue weighted by Gasteiger charge is 2.28. The van der Waals surface area contributed by atoms with E-state index in [-0.39, 0.29) is 23.5 Å². The summed E-state index contributed by atoms with van der Waals surface area (Å²) >= 11 is 1.98. The lowest BCUT2D eigenvalue weighted by Crippen LogP contribution is -2.22. The Morgan fingerprint density at radius 3 is 1.92 bits per heavy atom. The van der Waals surface area contributed by atoms with Gasteiger partial charge in [0.05, 0.1) is 0 Å². The van der Waals surface area contributed by atoms with Gasteiger partial charge < -0.3 is 0 Å². The fraction of sp³-hybridized carbons (Fsp3) is 0.600. The summed E-state index contributed by atoms with van der Waals surface area (Å²) in [6.45, 7) is 2.36. The van der Waals surface area contributed by atoms with E-state index in [4.69, 9.17) is 0 Å². The molecule has 0 radical (unpaired) electrons. The van der Waals surface area contributed by atoms with Gasteiger partial charge in [0.1, 0.15) is 0 Å². The molecule has 0 saturated heterocycles. The van der Waals surface area contributed by atoms with E-state index in [0.717, 1.165) is 17.8 Å². The predicted molar refractivity (Wildman–Crippen MR) is 106 cm³/mol. The molecule has 1 aromatic carbocycles. The van der Waals surface area contributed by atoms with Gasteiger partial charge in [-0.25, -0.2) is 0 Å². The Balaban J connectivity index is -0.00000106. The van der Waals surface area contributed by atoms with Crippen molar-refractivity contribution in [3.05, 3.63) is 41.3 Å². The molecule has 0 spiro atoms. The molecule has 0 N–H and O–H groups in total. The number of allylic oxidation sites excluding steroid dienone is 2. The Morgan fingerprint density at radius 2 is 1.42 bits per heavy atom. The van der Waals surface area contributed by atoms with Gasteiger partial charge in [-0.1, -0.05) is 62.2 Å². The third-order valence-corrected chi connectivity index (χ3v) is 6.68. The summed E-state index contributed by atoms with van der Waals surface area (Å²) in [5.41, 5.74) is 0. The third-order valence-electron chi connectivity index (χ3n) is 5.54. The zero-order valence-electron chi connectivity index (χ0n) is 15.3. The van der Waals surface area contributed by atoms with E-state index in [9.17, 15) is 0 Å². The van der Waals surface area contributed by atoms with Crippen LogP contribution in [0.2, 0.25) is 0 Å². The molecule has 0 aliphatic heterocycles. The maximum atomic E-state index is 2.54. The summed E-state index contributed by atoms with van der Waals surface area (Å²) in [6, 6.07) is 10.8. The Kier molecular flexibility index (Phi) is 17.2. The molecule has 3 rings (SSSR count). The second-order valence-corrected chi connectivity index (χ2v) is 8.01. The molecule has 1 atom stereocenters. The van der Waals surface area contributed by atoms with Crippen molar-refractivity contribution in [2.45, 2.75) is 63.2 Å². The standard InChI is InChI=1S/C20H28S.5FH/c1-2-16-8-10-17(11-9-16)18-12-14-20(15-13-18)21-19-6-4-3-5-7-19;;;;;/h3-7,14,16-18H,2,8-13,15H2,1H3;5*1H. The van der Waals surface area contributed by atoms with Crippen LogP contribution in [-0.4, -0.2) is 0 Å². The molecule has 1 unspecified atom stereocenters. The van der Waals surface area contributed by atoms with Gasteiger partial charge in [0.2, 0.25) is 0 Å². The van der Waals surface area contributed by atoms with Crippen molar-refractivity contribution >= 4 is 11.8 Å². The first-order valence-electron chi connectivity index (χ1n) is 8.77. The molecule has 0 bridgehead atoms. The Bertz CT molecular complexity index is 472. The van der Waals surface area contributed by atoms with Crippen molar-refractivity contribution in [3.8, 4) is 0 Å². The quantitative estimate of drug-likeness (QED) is 0.473. The average molecular weight is 401 g/mol. The molecule has 0 amide bonds. The van der Waals surface area contributed by atoms with Crippen LogP contribution in [0.3, 0.4) is 0 Å². The van der Waals surface area contributed by atoms with Crippen molar-refractivity contribution in [1.29, 1.82) is 0 Å². The van der Waals surface area contributed by atoms with Crippen LogP contribution in [-0.2, 0) is 0 Å². The lowest BCUT2D eigenvalue weighted by atomic mass is 9.72. The van der Waals surface area contributed by atoms with Crippen molar-refractivity contribution < 1.29 is 23.5 Å². The molecule has 154 valence electrons. The first-order chi connectivity index (χ1) is 10.3. The fourth-order valence-corrected chi connectivity index (χ4v) is 5.05. The van der Waals surface area contributed by atoms with Crippen LogP contribution in [0.15, 0.2) is 46.2 Å². The second kappa shape index (κ2) is 15.1. The average Bonchev–Trinajstić information content (AvgIpc) is 2.57. The number of hydrogen-bond donors (Lipinski definition) is 0. The van der Waals surface area contributed by atoms with Crippen LogP contribution in [0.4, 0.5) is 23.5 Å². The molecule has 0 aromatic heterocycles. The predicted octanol–water partition coefficient (Wildman–Crippen LogP) is 7.44. The van der Waals surface area contributed by atoms with Gasteiger partial charge in [-0.15, -0.1) is 0 Å². The van der Waals surface area contributed by atoms with E-state index in [2.05, 4.69) is 43.3 Å². The van der Waals surface area contributed by atoms with Gasteiger partial charge in [-0.05, 0) is 66.9 Å².